The Morgan fingerprint density at radius 1 is 0.808 bits per heavy atom. The van der Waals surface area contributed by atoms with E-state index in [2.05, 4.69) is 17.1 Å². The second-order valence-corrected chi connectivity index (χ2v) is 7.33. The van der Waals surface area contributed by atoms with Crippen LogP contribution in [-0.2, 0) is 0 Å². The number of benzene rings is 3. The summed E-state index contributed by atoms with van der Waals surface area (Å²) < 4.78 is 0. The number of hydrogen-bond donors (Lipinski definition) is 1. The largest absolute Gasteiger partial charge is 0.378 e. The van der Waals surface area contributed by atoms with E-state index in [1.807, 2.05) is 72.8 Å². The Morgan fingerprint density at radius 2 is 1.38 bits per heavy atom. The molecule has 0 bridgehead atoms. The van der Waals surface area contributed by atoms with Crippen molar-refractivity contribution < 1.29 is 4.79 Å². The molecule has 3 aromatic carbocycles. The number of amidine groups is 1. The molecule has 0 spiro atoms. The molecule has 0 unspecified atom stereocenters. The standard InChI is InChI=1S/C22H18N2OS/c23-22-24-19(17-9-5-2-6-10-17)21(26-22)20(25)18-13-11-16(12-14-18)15-7-3-1-4-8-15/h1-14,19,21H,(H2,23,24)/t19-,21-/m0/s1. The number of carbonyl (C=O) groups is 1. The number of hydrogen-bond acceptors (Lipinski definition) is 4. The molecule has 0 fully saturated rings. The van der Waals surface area contributed by atoms with E-state index < -0.39 is 0 Å². The van der Waals surface area contributed by atoms with Crippen molar-refractivity contribution in [2.45, 2.75) is 11.3 Å². The van der Waals surface area contributed by atoms with Crippen LogP contribution in [-0.4, -0.2) is 16.2 Å². The molecule has 0 aliphatic carbocycles. The first kappa shape index (κ1) is 16.6. The van der Waals surface area contributed by atoms with Gasteiger partial charge in [-0.15, -0.1) is 0 Å². The number of Topliss-reactive ketones (excluding diaryl/α,β-unsaturated/α-hetero) is 1. The quantitative estimate of drug-likeness (QED) is 0.687. The van der Waals surface area contributed by atoms with Gasteiger partial charge in [-0.1, -0.05) is 96.7 Å². The van der Waals surface area contributed by atoms with Gasteiger partial charge >= 0.3 is 0 Å². The van der Waals surface area contributed by atoms with Crippen molar-refractivity contribution in [1.29, 1.82) is 0 Å². The predicted molar refractivity (Wildman–Crippen MR) is 108 cm³/mol. The van der Waals surface area contributed by atoms with E-state index in [1.165, 1.54) is 11.8 Å². The van der Waals surface area contributed by atoms with Gasteiger partial charge in [0.2, 0.25) is 0 Å². The van der Waals surface area contributed by atoms with Crippen LogP contribution in [0.1, 0.15) is 22.0 Å². The molecule has 4 heteroatoms. The van der Waals surface area contributed by atoms with Gasteiger partial charge in [0.05, 0.1) is 6.04 Å². The van der Waals surface area contributed by atoms with Crippen LogP contribution in [0.15, 0.2) is 89.9 Å². The van der Waals surface area contributed by atoms with Crippen LogP contribution in [0.25, 0.3) is 11.1 Å². The number of thioether (sulfide) groups is 1. The molecule has 1 aliphatic rings. The molecule has 1 aliphatic heterocycles. The minimum atomic E-state index is -0.319. The normalized spacial score (nSPS) is 19.2. The highest BCUT2D eigenvalue weighted by atomic mass is 32.2. The summed E-state index contributed by atoms with van der Waals surface area (Å²) in [6.45, 7) is 0. The van der Waals surface area contributed by atoms with Crippen LogP contribution < -0.4 is 5.73 Å². The van der Waals surface area contributed by atoms with Gasteiger partial charge in [-0.05, 0) is 16.7 Å². The van der Waals surface area contributed by atoms with E-state index in [1.54, 1.807) is 0 Å². The Kier molecular flexibility index (Phi) is 4.59. The molecule has 0 amide bonds. The smallest absolute Gasteiger partial charge is 0.178 e. The number of carbonyl (C=O) groups excluding carboxylic acids is 1. The minimum Gasteiger partial charge on any atom is -0.378 e. The molecule has 4 rings (SSSR count). The van der Waals surface area contributed by atoms with E-state index in [9.17, 15) is 4.79 Å². The third-order valence-electron chi connectivity index (χ3n) is 4.48. The van der Waals surface area contributed by atoms with Gasteiger partial charge in [-0.2, -0.15) is 0 Å². The van der Waals surface area contributed by atoms with Crippen LogP contribution in [0, 0.1) is 0 Å². The topological polar surface area (TPSA) is 55.4 Å². The van der Waals surface area contributed by atoms with E-state index >= 15 is 0 Å². The maximum atomic E-state index is 13.1. The molecule has 3 nitrogen and oxygen atoms in total. The van der Waals surface area contributed by atoms with Crippen molar-refractivity contribution in [1.82, 2.24) is 0 Å². The minimum absolute atomic E-state index is 0.0627. The second kappa shape index (κ2) is 7.18. The Bertz CT molecular complexity index is 937. The third-order valence-corrected chi connectivity index (χ3v) is 5.55. The average Bonchev–Trinajstić information content (AvgIpc) is 3.11. The first-order valence-electron chi connectivity index (χ1n) is 8.47. The Morgan fingerprint density at radius 3 is 2.04 bits per heavy atom. The van der Waals surface area contributed by atoms with Crippen molar-refractivity contribution in [3.05, 3.63) is 96.1 Å². The summed E-state index contributed by atoms with van der Waals surface area (Å²) in [7, 11) is 0. The lowest BCUT2D eigenvalue weighted by atomic mass is 9.96. The van der Waals surface area contributed by atoms with Crippen LogP contribution in [0.5, 0.6) is 0 Å². The van der Waals surface area contributed by atoms with E-state index in [-0.39, 0.29) is 17.1 Å². The van der Waals surface area contributed by atoms with Gasteiger partial charge in [-0.3, -0.25) is 9.79 Å². The molecule has 0 saturated heterocycles. The van der Waals surface area contributed by atoms with Gasteiger partial charge in [0.25, 0.3) is 0 Å². The van der Waals surface area contributed by atoms with Crippen LogP contribution >= 0.6 is 11.8 Å². The monoisotopic (exact) mass is 358 g/mol. The summed E-state index contributed by atoms with van der Waals surface area (Å²) in [6.07, 6.45) is 0. The number of nitrogens with zero attached hydrogens (tertiary/aromatic N) is 1. The summed E-state index contributed by atoms with van der Waals surface area (Å²) in [5, 5.41) is 0.151. The first-order chi connectivity index (χ1) is 12.7. The lowest BCUT2D eigenvalue weighted by Crippen LogP contribution is -2.22. The summed E-state index contributed by atoms with van der Waals surface area (Å²) in [5.74, 6) is 0.0627. The van der Waals surface area contributed by atoms with Crippen LogP contribution in [0.2, 0.25) is 0 Å². The molecule has 1 heterocycles. The molecule has 0 radical (unpaired) electrons. The Hall–Kier alpha value is -2.85. The Labute approximate surface area is 157 Å². The third kappa shape index (κ3) is 3.28. The van der Waals surface area contributed by atoms with E-state index in [4.69, 9.17) is 5.73 Å². The zero-order chi connectivity index (χ0) is 17.9. The van der Waals surface area contributed by atoms with Gasteiger partial charge < -0.3 is 5.73 Å². The van der Waals surface area contributed by atoms with Crippen LogP contribution in [0.4, 0.5) is 0 Å². The highest BCUT2D eigenvalue weighted by Gasteiger charge is 2.36. The molecule has 128 valence electrons. The molecule has 0 saturated carbocycles. The van der Waals surface area contributed by atoms with Gasteiger partial charge in [0, 0.05) is 5.56 Å². The highest BCUT2D eigenvalue weighted by Crippen LogP contribution is 2.38. The maximum absolute atomic E-state index is 13.1. The fourth-order valence-electron chi connectivity index (χ4n) is 3.15. The fourth-order valence-corrected chi connectivity index (χ4v) is 4.17. The zero-order valence-corrected chi connectivity index (χ0v) is 14.9. The lowest BCUT2D eigenvalue weighted by molar-refractivity contribution is 0.0983. The van der Waals surface area contributed by atoms with E-state index in [0.717, 1.165) is 16.7 Å². The van der Waals surface area contributed by atoms with Crippen molar-refractivity contribution in [2.24, 2.45) is 10.7 Å². The lowest BCUT2D eigenvalue weighted by Gasteiger charge is -2.16. The maximum Gasteiger partial charge on any atom is 0.178 e. The zero-order valence-electron chi connectivity index (χ0n) is 14.1. The number of nitrogens with two attached hydrogens (primary N) is 1. The van der Waals surface area contributed by atoms with Crippen molar-refractivity contribution in [3.63, 3.8) is 0 Å². The molecule has 2 N–H and O–H groups in total. The molecule has 26 heavy (non-hydrogen) atoms. The fraction of sp³-hybridized carbons (Fsp3) is 0.0909. The van der Waals surface area contributed by atoms with Gasteiger partial charge in [0.15, 0.2) is 11.0 Å². The molecular formula is C22H18N2OS. The van der Waals surface area contributed by atoms with Gasteiger partial charge in [-0.25, -0.2) is 0 Å². The Balaban J connectivity index is 1.59. The summed E-state index contributed by atoms with van der Waals surface area (Å²) in [5.41, 5.74) is 9.86. The molecule has 0 aromatic heterocycles. The number of ketones is 1. The van der Waals surface area contributed by atoms with Crippen LogP contribution in [0.3, 0.4) is 0 Å². The predicted octanol–water partition coefficient (Wildman–Crippen LogP) is 4.71. The first-order valence-corrected chi connectivity index (χ1v) is 9.35. The average molecular weight is 358 g/mol. The van der Waals surface area contributed by atoms with Crippen molar-refractivity contribution >= 4 is 22.7 Å². The van der Waals surface area contributed by atoms with Gasteiger partial charge in [0.1, 0.15) is 5.25 Å². The second-order valence-electron chi connectivity index (χ2n) is 6.17. The molecule has 2 atom stereocenters. The SMILES string of the molecule is NC1=N[C@@H](c2ccccc2)[C@@H](C(=O)c2ccc(-c3ccccc3)cc2)S1. The summed E-state index contributed by atoms with van der Waals surface area (Å²) >= 11 is 1.35. The number of rotatable bonds is 4. The number of aliphatic imine (C=N–C) groups is 1. The van der Waals surface area contributed by atoms with E-state index in [0.29, 0.717) is 10.7 Å². The molecular weight excluding hydrogens is 340 g/mol. The summed E-state index contributed by atoms with van der Waals surface area (Å²) in [4.78, 5) is 17.6. The van der Waals surface area contributed by atoms with Crippen molar-refractivity contribution in [3.8, 4) is 11.1 Å². The molecule has 3 aromatic rings. The highest BCUT2D eigenvalue weighted by molar-refractivity contribution is 8.15. The summed E-state index contributed by atoms with van der Waals surface area (Å²) in [6, 6.07) is 27.5. The van der Waals surface area contributed by atoms with Crippen molar-refractivity contribution in [2.75, 3.05) is 0 Å².